The average molecular weight is 393 g/mol. The molecule has 4 rings (SSSR count). The van der Waals surface area contributed by atoms with E-state index in [1.165, 1.54) is 0 Å². The van der Waals surface area contributed by atoms with E-state index in [9.17, 15) is 4.79 Å². The number of carbonyl (C=O) groups excluding carboxylic acids is 1. The summed E-state index contributed by atoms with van der Waals surface area (Å²) >= 11 is 0. The molecule has 1 fully saturated rings. The molecule has 10 nitrogen and oxygen atoms in total. The van der Waals surface area contributed by atoms with Crippen molar-refractivity contribution in [1.82, 2.24) is 25.0 Å². The van der Waals surface area contributed by atoms with Crippen LogP contribution in [0, 0.1) is 0 Å². The minimum Gasteiger partial charge on any atom is -0.364 e. The number of primary amides is 1. The van der Waals surface area contributed by atoms with Crippen LogP contribution < -0.4 is 22.1 Å². The van der Waals surface area contributed by atoms with Crippen molar-refractivity contribution in [3.8, 4) is 5.82 Å². The Morgan fingerprint density at radius 3 is 2.76 bits per heavy atom. The molecule has 0 bridgehead atoms. The number of pyridine rings is 1. The summed E-state index contributed by atoms with van der Waals surface area (Å²) in [4.78, 5) is 16.3. The number of rotatable bonds is 6. The van der Waals surface area contributed by atoms with Gasteiger partial charge in [-0.25, -0.2) is 9.67 Å². The zero-order valence-corrected chi connectivity index (χ0v) is 15.8. The van der Waals surface area contributed by atoms with Crippen LogP contribution >= 0.6 is 0 Å². The molecule has 3 heterocycles. The maximum atomic E-state index is 11.8. The van der Waals surface area contributed by atoms with Crippen LogP contribution in [-0.2, 0) is 0 Å². The van der Waals surface area contributed by atoms with Crippen LogP contribution in [0.15, 0.2) is 42.7 Å². The van der Waals surface area contributed by atoms with Crippen LogP contribution in [0.1, 0.15) is 36.2 Å². The summed E-state index contributed by atoms with van der Waals surface area (Å²) in [6.45, 7) is 0. The van der Waals surface area contributed by atoms with Crippen molar-refractivity contribution in [3.05, 3.63) is 48.4 Å². The highest BCUT2D eigenvalue weighted by Gasteiger charge is 2.23. The van der Waals surface area contributed by atoms with E-state index in [-0.39, 0.29) is 17.8 Å². The maximum Gasteiger partial charge on any atom is 0.271 e. The van der Waals surface area contributed by atoms with Crippen molar-refractivity contribution in [3.63, 3.8) is 0 Å². The van der Waals surface area contributed by atoms with Crippen LogP contribution in [0.4, 0.5) is 17.3 Å². The van der Waals surface area contributed by atoms with E-state index >= 15 is 0 Å². The zero-order chi connectivity index (χ0) is 20.2. The lowest BCUT2D eigenvalue weighted by Crippen LogP contribution is -2.42. The summed E-state index contributed by atoms with van der Waals surface area (Å²) in [6.07, 6.45) is 7.67. The predicted octanol–water partition coefficient (Wildman–Crippen LogP) is 1.58. The van der Waals surface area contributed by atoms with E-state index in [0.717, 1.165) is 25.7 Å². The van der Waals surface area contributed by atoms with Gasteiger partial charge >= 0.3 is 0 Å². The minimum atomic E-state index is -0.677. The summed E-state index contributed by atoms with van der Waals surface area (Å²) in [5.74, 6) is 1.01. The van der Waals surface area contributed by atoms with Gasteiger partial charge in [-0.05, 0) is 31.0 Å². The zero-order valence-electron chi connectivity index (χ0n) is 15.8. The number of nitrogens with zero attached hydrogens (tertiary/aromatic N) is 5. The second-order valence-electron chi connectivity index (χ2n) is 7.01. The third-order valence-electron chi connectivity index (χ3n) is 4.92. The summed E-state index contributed by atoms with van der Waals surface area (Å²) in [6, 6.07) is 9.14. The molecule has 0 radical (unpaired) electrons. The molecule has 3 aromatic rings. The first-order valence-electron chi connectivity index (χ1n) is 9.54. The van der Waals surface area contributed by atoms with Gasteiger partial charge in [0.1, 0.15) is 5.82 Å². The molecule has 1 saturated carbocycles. The highest BCUT2D eigenvalue weighted by Crippen LogP contribution is 2.24. The SMILES string of the molecule is NC(=O)c1nnc(N[C@@H]2CCCC[C@@H]2N)cc1Nc1cccc(-n2cccn2)n1. The Hall–Kier alpha value is -3.53. The Labute approximate surface area is 167 Å². The molecule has 0 saturated heterocycles. The number of carbonyl (C=O) groups is 1. The van der Waals surface area contributed by atoms with Crippen molar-refractivity contribution >= 4 is 23.2 Å². The van der Waals surface area contributed by atoms with Gasteiger partial charge in [-0.3, -0.25) is 4.79 Å². The third-order valence-corrected chi connectivity index (χ3v) is 4.92. The Balaban J connectivity index is 1.60. The molecule has 0 aromatic carbocycles. The fraction of sp³-hybridized carbons (Fsp3) is 0.316. The van der Waals surface area contributed by atoms with Gasteiger partial charge in [-0.15, -0.1) is 10.2 Å². The fourth-order valence-electron chi connectivity index (χ4n) is 3.43. The van der Waals surface area contributed by atoms with Gasteiger partial charge in [0.15, 0.2) is 17.3 Å². The molecule has 1 aliphatic rings. The number of aromatic nitrogens is 5. The monoisotopic (exact) mass is 393 g/mol. The van der Waals surface area contributed by atoms with Crippen molar-refractivity contribution in [2.24, 2.45) is 11.5 Å². The van der Waals surface area contributed by atoms with E-state index in [0.29, 0.717) is 23.1 Å². The van der Waals surface area contributed by atoms with Crippen molar-refractivity contribution in [2.75, 3.05) is 10.6 Å². The van der Waals surface area contributed by atoms with E-state index in [2.05, 4.69) is 30.9 Å². The van der Waals surface area contributed by atoms with Gasteiger partial charge in [0.2, 0.25) is 0 Å². The topological polar surface area (TPSA) is 150 Å². The van der Waals surface area contributed by atoms with Gasteiger partial charge in [0.25, 0.3) is 5.91 Å². The average Bonchev–Trinajstić information content (AvgIpc) is 3.25. The normalized spacial score (nSPS) is 18.9. The number of hydrogen-bond donors (Lipinski definition) is 4. The van der Waals surface area contributed by atoms with Crippen LogP contribution in [0.3, 0.4) is 0 Å². The molecule has 2 atom stereocenters. The highest BCUT2D eigenvalue weighted by atomic mass is 16.1. The number of nitrogens with one attached hydrogen (secondary N) is 2. The van der Waals surface area contributed by atoms with Crippen molar-refractivity contribution in [1.29, 1.82) is 0 Å². The molecule has 6 N–H and O–H groups in total. The van der Waals surface area contributed by atoms with Crippen LogP contribution in [0.5, 0.6) is 0 Å². The molecule has 0 spiro atoms. The number of anilines is 3. The molecule has 3 aromatic heterocycles. The lowest BCUT2D eigenvalue weighted by atomic mass is 9.91. The smallest absolute Gasteiger partial charge is 0.271 e. The van der Waals surface area contributed by atoms with Crippen LogP contribution in [-0.4, -0.2) is 43.0 Å². The van der Waals surface area contributed by atoms with Crippen LogP contribution in [0.25, 0.3) is 5.82 Å². The molecule has 0 aliphatic heterocycles. The molecule has 1 aliphatic carbocycles. The second kappa shape index (κ2) is 8.23. The first kappa shape index (κ1) is 18.8. The number of nitrogens with two attached hydrogens (primary N) is 2. The largest absolute Gasteiger partial charge is 0.364 e. The standard InChI is InChI=1S/C19H23N9O/c20-12-5-1-2-6-13(12)23-16-11-14(18(19(21)29)27-26-16)24-15-7-3-8-17(25-15)28-10-4-9-22-28/h3-4,7-13H,1-2,5-6,20H2,(H2,21,29)(H2,23,24,25,26)/t12-,13+/m0/s1. The lowest BCUT2D eigenvalue weighted by molar-refractivity contribution is 0.0995. The van der Waals surface area contributed by atoms with E-state index in [1.54, 1.807) is 29.2 Å². The van der Waals surface area contributed by atoms with Crippen molar-refractivity contribution < 1.29 is 4.79 Å². The Bertz CT molecular complexity index is 989. The Kier molecular flexibility index (Phi) is 5.34. The van der Waals surface area contributed by atoms with Crippen LogP contribution in [0.2, 0.25) is 0 Å². The predicted molar refractivity (Wildman–Crippen MR) is 109 cm³/mol. The maximum absolute atomic E-state index is 11.8. The second-order valence-corrected chi connectivity index (χ2v) is 7.01. The summed E-state index contributed by atoms with van der Waals surface area (Å²) in [5.41, 5.74) is 12.1. The molecule has 10 heteroatoms. The van der Waals surface area contributed by atoms with Gasteiger partial charge in [-0.2, -0.15) is 5.10 Å². The van der Waals surface area contributed by atoms with Gasteiger partial charge in [0, 0.05) is 30.5 Å². The summed E-state index contributed by atoms with van der Waals surface area (Å²) < 4.78 is 1.64. The highest BCUT2D eigenvalue weighted by molar-refractivity contribution is 5.97. The summed E-state index contributed by atoms with van der Waals surface area (Å²) in [5, 5.41) is 18.7. The molecular formula is C19H23N9O. The molecule has 150 valence electrons. The van der Waals surface area contributed by atoms with Gasteiger partial charge in [0.05, 0.1) is 5.69 Å². The van der Waals surface area contributed by atoms with E-state index in [4.69, 9.17) is 11.5 Å². The number of amides is 1. The Morgan fingerprint density at radius 2 is 2.00 bits per heavy atom. The lowest BCUT2D eigenvalue weighted by Gasteiger charge is -2.29. The number of hydrogen-bond acceptors (Lipinski definition) is 8. The van der Waals surface area contributed by atoms with Gasteiger partial charge in [-0.1, -0.05) is 18.9 Å². The van der Waals surface area contributed by atoms with Gasteiger partial charge < -0.3 is 22.1 Å². The fourth-order valence-corrected chi connectivity index (χ4v) is 3.43. The quantitative estimate of drug-likeness (QED) is 0.493. The Morgan fingerprint density at radius 1 is 1.14 bits per heavy atom. The first-order chi connectivity index (χ1) is 14.1. The molecule has 1 amide bonds. The first-order valence-corrected chi connectivity index (χ1v) is 9.54. The molecular weight excluding hydrogens is 370 g/mol. The summed E-state index contributed by atoms with van der Waals surface area (Å²) in [7, 11) is 0. The molecule has 29 heavy (non-hydrogen) atoms. The van der Waals surface area contributed by atoms with E-state index < -0.39 is 5.91 Å². The minimum absolute atomic E-state index is 0.0368. The third kappa shape index (κ3) is 4.32. The molecule has 0 unspecified atom stereocenters. The van der Waals surface area contributed by atoms with E-state index in [1.807, 2.05) is 18.2 Å². The van der Waals surface area contributed by atoms with Crippen molar-refractivity contribution in [2.45, 2.75) is 37.8 Å².